The highest BCUT2D eigenvalue weighted by Crippen LogP contribution is 2.17. The minimum absolute atomic E-state index is 0.0992. The molecule has 0 aliphatic heterocycles. The summed E-state index contributed by atoms with van der Waals surface area (Å²) in [5.74, 6) is -1.75. The van der Waals surface area contributed by atoms with Crippen molar-refractivity contribution in [1.29, 1.82) is 0 Å². The molecule has 0 fully saturated rings. The zero-order valence-corrected chi connectivity index (χ0v) is 9.36. The van der Waals surface area contributed by atoms with E-state index in [2.05, 4.69) is 5.32 Å². The van der Waals surface area contributed by atoms with Gasteiger partial charge < -0.3 is 16.2 Å². The van der Waals surface area contributed by atoms with Crippen LogP contribution in [0.4, 0.5) is 5.69 Å². The maximum atomic E-state index is 11.0. The van der Waals surface area contributed by atoms with Crippen LogP contribution in [0.15, 0.2) is 18.2 Å². The molecule has 0 heterocycles. The number of rotatable bonds is 5. The molecule has 1 aromatic carbocycles. The number of carbonyl (C=O) groups is 2. The fourth-order valence-corrected chi connectivity index (χ4v) is 1.34. The van der Waals surface area contributed by atoms with Crippen molar-refractivity contribution in [2.24, 2.45) is 5.73 Å². The molecule has 6 N–H and O–H groups in total. The normalized spacial score (nSPS) is 9.71. The summed E-state index contributed by atoms with van der Waals surface area (Å²) in [6.07, 6.45) is 0. The molecular formula is C11H14N3O3+. The van der Waals surface area contributed by atoms with Gasteiger partial charge in [0.15, 0.2) is 0 Å². The molecule has 0 saturated carbocycles. The van der Waals surface area contributed by atoms with E-state index >= 15 is 0 Å². The molecule has 0 atom stereocenters. The number of carboxylic acid groups (broad SMARTS) is 1. The van der Waals surface area contributed by atoms with Crippen LogP contribution in [-0.4, -0.2) is 29.2 Å². The lowest BCUT2D eigenvalue weighted by Gasteiger charge is -2.08. The molecule has 6 nitrogen and oxygen atoms in total. The Hall–Kier alpha value is -2.37. The van der Waals surface area contributed by atoms with E-state index in [9.17, 15) is 9.59 Å². The highest BCUT2D eigenvalue weighted by molar-refractivity contribution is 6.43. The summed E-state index contributed by atoms with van der Waals surface area (Å²) in [5.41, 5.74) is 6.78. The maximum Gasteiger partial charge on any atom is 0.322 e. The molecule has 1 rings (SSSR count). The Morgan fingerprint density at radius 3 is 2.65 bits per heavy atom. The van der Waals surface area contributed by atoms with Crippen LogP contribution in [0.3, 0.4) is 0 Å². The van der Waals surface area contributed by atoms with Gasteiger partial charge in [0.2, 0.25) is 0 Å². The molecule has 90 valence electrons. The third kappa shape index (κ3) is 3.30. The summed E-state index contributed by atoms with van der Waals surface area (Å²) < 4.78 is 0. The summed E-state index contributed by atoms with van der Waals surface area (Å²) in [6, 6.07) is 5.09. The first kappa shape index (κ1) is 12.7. The first-order valence-electron chi connectivity index (χ1n) is 4.90. The van der Waals surface area contributed by atoms with Crippen LogP contribution < -0.4 is 16.5 Å². The van der Waals surface area contributed by atoms with E-state index in [0.29, 0.717) is 11.3 Å². The fraction of sp³-hybridized carbons (Fsp3) is 0.182. The average Bonchev–Trinajstić information content (AvgIpc) is 2.25. The van der Waals surface area contributed by atoms with Gasteiger partial charge in [0, 0.05) is 5.69 Å². The van der Waals surface area contributed by atoms with Gasteiger partial charge in [-0.05, 0) is 24.6 Å². The number of anilines is 1. The number of amides is 1. The van der Waals surface area contributed by atoms with Crippen molar-refractivity contribution in [3.63, 3.8) is 0 Å². The van der Waals surface area contributed by atoms with Crippen LogP contribution >= 0.6 is 0 Å². The van der Waals surface area contributed by atoms with E-state index < -0.39 is 11.9 Å². The standard InChI is InChI=1S/C11H13N3O3/c1-6-2-3-7(10(12)11(13)17)8(4-6)14-5-9(15)16/h2-4,12,14H,5H2,1H3,(H2,13,17)(H,15,16)/p+1. The lowest BCUT2D eigenvalue weighted by Crippen LogP contribution is -2.48. The lowest BCUT2D eigenvalue weighted by atomic mass is 10.0. The second kappa shape index (κ2) is 5.11. The Kier molecular flexibility index (Phi) is 3.82. The number of carboxylic acids is 1. The van der Waals surface area contributed by atoms with E-state index in [0.717, 1.165) is 5.56 Å². The highest BCUT2D eigenvalue weighted by atomic mass is 16.4. The van der Waals surface area contributed by atoms with E-state index in [4.69, 9.17) is 16.2 Å². The monoisotopic (exact) mass is 236 g/mol. The van der Waals surface area contributed by atoms with Gasteiger partial charge >= 0.3 is 11.9 Å². The number of aryl methyl sites for hydroxylation is 1. The molecule has 0 aliphatic carbocycles. The minimum Gasteiger partial charge on any atom is -0.480 e. The summed E-state index contributed by atoms with van der Waals surface area (Å²) in [4.78, 5) is 21.5. The van der Waals surface area contributed by atoms with Crippen molar-refractivity contribution in [2.45, 2.75) is 6.92 Å². The number of nitrogens with one attached hydrogen (secondary N) is 1. The Morgan fingerprint density at radius 1 is 1.47 bits per heavy atom. The van der Waals surface area contributed by atoms with Crippen molar-refractivity contribution in [1.82, 2.24) is 0 Å². The predicted molar refractivity (Wildman–Crippen MR) is 62.5 cm³/mol. The molecule has 6 heteroatoms. The first-order chi connectivity index (χ1) is 7.91. The molecule has 0 aliphatic rings. The minimum atomic E-state index is -1.00. The van der Waals surface area contributed by atoms with Gasteiger partial charge in [0.05, 0.1) is 5.56 Å². The number of nitrogens with two attached hydrogens (primary N) is 2. The second-order valence-corrected chi connectivity index (χ2v) is 3.57. The van der Waals surface area contributed by atoms with Crippen molar-refractivity contribution in [2.75, 3.05) is 11.9 Å². The van der Waals surface area contributed by atoms with Gasteiger partial charge in [-0.2, -0.15) is 0 Å². The average molecular weight is 236 g/mol. The number of hydrogen-bond donors (Lipinski definition) is 4. The number of aliphatic carboxylic acids is 1. The predicted octanol–water partition coefficient (Wildman–Crippen LogP) is -1.47. The van der Waals surface area contributed by atoms with Crippen LogP contribution in [0.5, 0.6) is 0 Å². The van der Waals surface area contributed by atoms with Gasteiger partial charge in [-0.15, -0.1) is 0 Å². The van der Waals surface area contributed by atoms with Gasteiger partial charge in [-0.1, -0.05) is 6.07 Å². The van der Waals surface area contributed by atoms with E-state index in [1.54, 1.807) is 18.2 Å². The van der Waals surface area contributed by atoms with E-state index in [1.807, 2.05) is 6.92 Å². The van der Waals surface area contributed by atoms with Crippen molar-refractivity contribution < 1.29 is 20.1 Å². The Morgan fingerprint density at radius 2 is 2.12 bits per heavy atom. The van der Waals surface area contributed by atoms with Gasteiger partial charge in [0.25, 0.3) is 5.71 Å². The summed E-state index contributed by atoms with van der Waals surface area (Å²) in [6.45, 7) is 1.58. The fourth-order valence-electron chi connectivity index (χ4n) is 1.34. The molecular weight excluding hydrogens is 222 g/mol. The number of benzene rings is 1. The Labute approximate surface area is 97.9 Å². The summed E-state index contributed by atoms with van der Waals surface area (Å²) in [5, 5.41) is 16.8. The molecule has 1 amide bonds. The molecule has 0 bridgehead atoms. The van der Waals surface area contributed by atoms with Gasteiger partial charge in [0.1, 0.15) is 6.54 Å². The van der Waals surface area contributed by atoms with Gasteiger partial charge in [-0.3, -0.25) is 9.59 Å². The van der Waals surface area contributed by atoms with Gasteiger partial charge in [-0.25, -0.2) is 5.41 Å². The number of carbonyl (C=O) groups excluding carboxylic acids is 1. The molecule has 17 heavy (non-hydrogen) atoms. The quantitative estimate of drug-likeness (QED) is 0.466. The number of hydrogen-bond acceptors (Lipinski definition) is 3. The van der Waals surface area contributed by atoms with E-state index in [-0.39, 0.29) is 12.3 Å². The van der Waals surface area contributed by atoms with Crippen molar-refractivity contribution in [3.05, 3.63) is 29.3 Å². The number of primary amides is 1. The largest absolute Gasteiger partial charge is 0.480 e. The molecule has 0 saturated heterocycles. The van der Waals surface area contributed by atoms with Crippen LogP contribution in [-0.2, 0) is 9.59 Å². The zero-order chi connectivity index (χ0) is 13.0. The molecule has 0 radical (unpaired) electrons. The maximum absolute atomic E-state index is 11.0. The van der Waals surface area contributed by atoms with Crippen molar-refractivity contribution in [3.8, 4) is 0 Å². The summed E-state index contributed by atoms with van der Waals surface area (Å²) >= 11 is 0. The summed E-state index contributed by atoms with van der Waals surface area (Å²) in [7, 11) is 0. The molecule has 0 unspecified atom stereocenters. The SMILES string of the molecule is Cc1ccc(C(=[NH2+])C(N)=O)c(NCC(=O)O)c1. The zero-order valence-electron chi connectivity index (χ0n) is 9.36. The highest BCUT2D eigenvalue weighted by Gasteiger charge is 2.18. The topological polar surface area (TPSA) is 118 Å². The molecule has 0 aromatic heterocycles. The smallest absolute Gasteiger partial charge is 0.322 e. The third-order valence-corrected chi connectivity index (χ3v) is 2.16. The Balaban J connectivity index is 3.07. The first-order valence-corrected chi connectivity index (χ1v) is 4.90. The Bertz CT molecular complexity index is 483. The van der Waals surface area contributed by atoms with Crippen molar-refractivity contribution >= 4 is 23.3 Å². The molecule has 1 aromatic rings. The van der Waals surface area contributed by atoms with E-state index in [1.165, 1.54) is 0 Å². The lowest BCUT2D eigenvalue weighted by molar-refractivity contribution is -0.135. The van der Waals surface area contributed by atoms with Crippen LogP contribution in [0.1, 0.15) is 11.1 Å². The van der Waals surface area contributed by atoms with Crippen LogP contribution in [0.2, 0.25) is 0 Å². The van der Waals surface area contributed by atoms with Crippen LogP contribution in [0.25, 0.3) is 0 Å². The third-order valence-electron chi connectivity index (χ3n) is 2.16. The van der Waals surface area contributed by atoms with Crippen LogP contribution in [0, 0.1) is 6.92 Å². The second-order valence-electron chi connectivity index (χ2n) is 3.57. The molecule has 0 spiro atoms.